The minimum Gasteiger partial charge on any atom is -0.489 e. The Bertz CT molecular complexity index is 642. The number of rotatable bonds is 3. The van der Waals surface area contributed by atoms with Crippen LogP contribution in [0, 0.1) is 11.6 Å². The summed E-state index contributed by atoms with van der Waals surface area (Å²) in [5, 5.41) is 0. The Balaban J connectivity index is 1.73. The lowest BCUT2D eigenvalue weighted by atomic mass is 10.1. The summed E-state index contributed by atoms with van der Waals surface area (Å²) in [5.74, 6) is -0.493. The second-order valence-corrected chi connectivity index (χ2v) is 5.03. The van der Waals surface area contributed by atoms with Gasteiger partial charge in [0.2, 0.25) is 0 Å². The summed E-state index contributed by atoms with van der Waals surface area (Å²) in [6, 6.07) is 9.34. The Labute approximate surface area is 116 Å². The molecule has 0 amide bonds. The zero-order valence-corrected chi connectivity index (χ0v) is 10.9. The van der Waals surface area contributed by atoms with E-state index in [1.807, 2.05) is 18.2 Å². The van der Waals surface area contributed by atoms with Crippen molar-refractivity contribution in [3.63, 3.8) is 0 Å². The molecule has 3 rings (SSSR count). The van der Waals surface area contributed by atoms with Crippen molar-refractivity contribution >= 4 is 0 Å². The zero-order chi connectivity index (χ0) is 14.1. The molecule has 0 bridgehead atoms. The monoisotopic (exact) mass is 275 g/mol. The van der Waals surface area contributed by atoms with Gasteiger partial charge in [-0.05, 0) is 48.2 Å². The Hall–Kier alpha value is -1.94. The molecule has 0 fully saturated rings. The van der Waals surface area contributed by atoms with Gasteiger partial charge in [0.1, 0.15) is 24.0 Å². The Kier molecular flexibility index (Phi) is 3.40. The van der Waals surface area contributed by atoms with E-state index in [1.165, 1.54) is 17.7 Å². The predicted octanol–water partition coefficient (Wildman–Crippen LogP) is 3.49. The molecule has 0 radical (unpaired) electrons. The van der Waals surface area contributed by atoms with Gasteiger partial charge in [0.25, 0.3) is 0 Å². The van der Waals surface area contributed by atoms with Crippen LogP contribution in [0.1, 0.15) is 29.2 Å². The third kappa shape index (κ3) is 2.51. The van der Waals surface area contributed by atoms with Crippen LogP contribution >= 0.6 is 0 Å². The lowest BCUT2D eigenvalue weighted by Gasteiger charge is -2.10. The molecule has 0 saturated heterocycles. The second kappa shape index (κ2) is 5.21. The molecule has 2 aromatic carbocycles. The maximum atomic E-state index is 13.5. The normalized spacial score (nSPS) is 17.1. The van der Waals surface area contributed by atoms with Crippen molar-refractivity contribution in [2.24, 2.45) is 5.73 Å². The summed E-state index contributed by atoms with van der Waals surface area (Å²) < 4.78 is 31.9. The first kappa shape index (κ1) is 13.1. The molecule has 0 aliphatic heterocycles. The molecule has 2 aromatic rings. The van der Waals surface area contributed by atoms with Crippen molar-refractivity contribution in [2.75, 3.05) is 0 Å². The largest absolute Gasteiger partial charge is 0.489 e. The van der Waals surface area contributed by atoms with Gasteiger partial charge < -0.3 is 10.5 Å². The minimum atomic E-state index is -0.590. The average molecular weight is 275 g/mol. The highest BCUT2D eigenvalue weighted by Gasteiger charge is 2.19. The first-order valence-corrected chi connectivity index (χ1v) is 6.58. The topological polar surface area (TPSA) is 35.2 Å². The molecule has 104 valence electrons. The van der Waals surface area contributed by atoms with E-state index in [0.717, 1.165) is 24.5 Å². The molecule has 20 heavy (non-hydrogen) atoms. The van der Waals surface area contributed by atoms with Gasteiger partial charge >= 0.3 is 0 Å². The lowest BCUT2D eigenvalue weighted by Crippen LogP contribution is -2.05. The summed E-state index contributed by atoms with van der Waals surface area (Å²) in [6.07, 6.45) is 1.89. The van der Waals surface area contributed by atoms with E-state index in [9.17, 15) is 8.78 Å². The molecule has 1 aliphatic carbocycles. The zero-order valence-electron chi connectivity index (χ0n) is 10.9. The molecule has 1 atom stereocenters. The Morgan fingerprint density at radius 3 is 2.80 bits per heavy atom. The second-order valence-electron chi connectivity index (χ2n) is 5.03. The fraction of sp³-hybridized carbons (Fsp3) is 0.250. The van der Waals surface area contributed by atoms with Gasteiger partial charge in [0.05, 0.1) is 0 Å². The quantitative estimate of drug-likeness (QED) is 0.930. The SMILES string of the molecule is NC1CCc2cc(OCc3ccc(F)cc3F)ccc21. The van der Waals surface area contributed by atoms with Gasteiger partial charge in [0.15, 0.2) is 0 Å². The number of hydrogen-bond acceptors (Lipinski definition) is 2. The predicted molar refractivity (Wildman–Crippen MR) is 72.4 cm³/mol. The van der Waals surface area contributed by atoms with Crippen molar-refractivity contribution in [1.29, 1.82) is 0 Å². The maximum absolute atomic E-state index is 13.5. The van der Waals surface area contributed by atoms with Gasteiger partial charge in [0, 0.05) is 17.7 Å². The van der Waals surface area contributed by atoms with Crippen LogP contribution in [0.4, 0.5) is 8.78 Å². The van der Waals surface area contributed by atoms with Crippen molar-refractivity contribution in [2.45, 2.75) is 25.5 Å². The smallest absolute Gasteiger partial charge is 0.132 e. The first-order valence-electron chi connectivity index (χ1n) is 6.58. The fourth-order valence-corrected chi connectivity index (χ4v) is 2.52. The van der Waals surface area contributed by atoms with Gasteiger partial charge in [-0.15, -0.1) is 0 Å². The van der Waals surface area contributed by atoms with Crippen LogP contribution in [0.25, 0.3) is 0 Å². The molecule has 2 N–H and O–H groups in total. The van der Waals surface area contributed by atoms with E-state index < -0.39 is 11.6 Å². The summed E-state index contributed by atoms with van der Waals surface area (Å²) in [6.45, 7) is 0.0803. The van der Waals surface area contributed by atoms with Crippen LogP contribution in [0.15, 0.2) is 36.4 Å². The van der Waals surface area contributed by atoms with Gasteiger partial charge in [-0.2, -0.15) is 0 Å². The molecular formula is C16H15F2NO. The summed E-state index contributed by atoms with van der Waals surface area (Å²) in [7, 11) is 0. The molecule has 0 spiro atoms. The molecule has 0 saturated carbocycles. The van der Waals surface area contributed by atoms with Crippen LogP contribution in [0.3, 0.4) is 0 Å². The maximum Gasteiger partial charge on any atom is 0.132 e. The van der Waals surface area contributed by atoms with Crippen molar-refractivity contribution < 1.29 is 13.5 Å². The molecular weight excluding hydrogens is 260 g/mol. The van der Waals surface area contributed by atoms with Crippen molar-refractivity contribution in [3.8, 4) is 5.75 Å². The highest BCUT2D eigenvalue weighted by atomic mass is 19.1. The Morgan fingerprint density at radius 2 is 2.00 bits per heavy atom. The van der Waals surface area contributed by atoms with Crippen LogP contribution < -0.4 is 10.5 Å². The summed E-state index contributed by atoms with van der Waals surface area (Å²) >= 11 is 0. The summed E-state index contributed by atoms with van der Waals surface area (Å²) in [4.78, 5) is 0. The van der Waals surface area contributed by atoms with Gasteiger partial charge in [-0.1, -0.05) is 6.07 Å². The van der Waals surface area contributed by atoms with Crippen LogP contribution in [-0.4, -0.2) is 0 Å². The number of fused-ring (bicyclic) bond motifs is 1. The first-order chi connectivity index (χ1) is 9.63. The van der Waals surface area contributed by atoms with E-state index in [2.05, 4.69) is 0 Å². The summed E-state index contributed by atoms with van der Waals surface area (Å²) in [5.41, 5.74) is 8.65. The van der Waals surface area contributed by atoms with E-state index >= 15 is 0 Å². The van der Waals surface area contributed by atoms with E-state index in [1.54, 1.807) is 0 Å². The molecule has 1 unspecified atom stereocenters. The number of nitrogens with two attached hydrogens (primary N) is 1. The minimum absolute atomic E-state index is 0.0803. The molecule has 0 aromatic heterocycles. The highest BCUT2D eigenvalue weighted by molar-refractivity contribution is 5.40. The standard InChI is InChI=1S/C16H15F2NO/c17-12-3-1-11(15(18)8-12)9-20-13-4-5-14-10(7-13)2-6-16(14)19/h1,3-5,7-8,16H,2,6,9,19H2. The fourth-order valence-electron chi connectivity index (χ4n) is 2.52. The lowest BCUT2D eigenvalue weighted by molar-refractivity contribution is 0.299. The van der Waals surface area contributed by atoms with Gasteiger partial charge in [-0.3, -0.25) is 0 Å². The Morgan fingerprint density at radius 1 is 1.15 bits per heavy atom. The van der Waals surface area contributed by atoms with E-state index in [-0.39, 0.29) is 12.6 Å². The average Bonchev–Trinajstić information content (AvgIpc) is 2.79. The molecule has 0 heterocycles. The van der Waals surface area contributed by atoms with Crippen LogP contribution in [0.5, 0.6) is 5.75 Å². The number of ether oxygens (including phenoxy) is 1. The third-order valence-electron chi connectivity index (χ3n) is 3.65. The van der Waals surface area contributed by atoms with Crippen molar-refractivity contribution in [3.05, 3.63) is 64.7 Å². The number of halogens is 2. The van der Waals surface area contributed by atoms with E-state index in [4.69, 9.17) is 10.5 Å². The third-order valence-corrected chi connectivity index (χ3v) is 3.65. The van der Waals surface area contributed by atoms with Gasteiger partial charge in [-0.25, -0.2) is 8.78 Å². The van der Waals surface area contributed by atoms with Crippen molar-refractivity contribution in [1.82, 2.24) is 0 Å². The van der Waals surface area contributed by atoms with Crippen LogP contribution in [-0.2, 0) is 13.0 Å². The van der Waals surface area contributed by atoms with Crippen LogP contribution in [0.2, 0.25) is 0 Å². The molecule has 2 nitrogen and oxygen atoms in total. The van der Waals surface area contributed by atoms with E-state index in [0.29, 0.717) is 11.3 Å². The molecule has 1 aliphatic rings. The number of aryl methyl sites for hydroxylation is 1. The highest BCUT2D eigenvalue weighted by Crippen LogP contribution is 2.32. The molecule has 4 heteroatoms. The number of hydrogen-bond donors (Lipinski definition) is 1. The number of benzene rings is 2.